The molecule has 1 amide bonds. The van der Waals surface area contributed by atoms with Crippen LogP contribution in [-0.2, 0) is 16.4 Å². The van der Waals surface area contributed by atoms with Crippen LogP contribution >= 0.6 is 11.6 Å². The van der Waals surface area contributed by atoms with Crippen LogP contribution in [0.1, 0.15) is 15.9 Å². The molecule has 3 N–H and O–H groups in total. The van der Waals surface area contributed by atoms with E-state index in [1.54, 1.807) is 36.4 Å². The molecule has 2 rings (SSSR count). The maximum absolute atomic E-state index is 11.4. The number of nitrogens with one attached hydrogen (secondary N) is 1. The van der Waals surface area contributed by atoms with Gasteiger partial charge in [0.2, 0.25) is 0 Å². The molecule has 22 heavy (non-hydrogen) atoms. The molecule has 0 saturated heterocycles. The SMILES string of the molecule is CS(=O)(=O)c1ccc(CNc2ccc(Cl)cc2C(N)=O)cc1. The predicted molar refractivity (Wildman–Crippen MR) is 86.8 cm³/mol. The molecule has 0 atom stereocenters. The van der Waals surface area contributed by atoms with Gasteiger partial charge in [0.15, 0.2) is 9.84 Å². The normalized spacial score (nSPS) is 11.2. The molecule has 2 aromatic carbocycles. The van der Waals surface area contributed by atoms with Gasteiger partial charge in [0.25, 0.3) is 5.91 Å². The van der Waals surface area contributed by atoms with E-state index < -0.39 is 15.7 Å². The Morgan fingerprint density at radius 3 is 2.36 bits per heavy atom. The molecular weight excluding hydrogens is 324 g/mol. The van der Waals surface area contributed by atoms with Crippen molar-refractivity contribution in [1.82, 2.24) is 0 Å². The molecule has 0 radical (unpaired) electrons. The van der Waals surface area contributed by atoms with Crippen molar-refractivity contribution < 1.29 is 13.2 Å². The van der Waals surface area contributed by atoms with Gasteiger partial charge in [-0.1, -0.05) is 23.7 Å². The second-order valence-corrected chi connectivity index (χ2v) is 7.28. The van der Waals surface area contributed by atoms with Gasteiger partial charge in [0.1, 0.15) is 0 Å². The smallest absolute Gasteiger partial charge is 0.250 e. The molecule has 0 aliphatic rings. The molecular formula is C15H15ClN2O3S. The van der Waals surface area contributed by atoms with Crippen molar-refractivity contribution in [3.8, 4) is 0 Å². The van der Waals surface area contributed by atoms with E-state index in [2.05, 4.69) is 5.32 Å². The van der Waals surface area contributed by atoms with Crippen molar-refractivity contribution >= 4 is 33.0 Å². The van der Waals surface area contributed by atoms with E-state index in [0.717, 1.165) is 11.8 Å². The first-order valence-corrected chi connectivity index (χ1v) is 8.66. The van der Waals surface area contributed by atoms with Gasteiger partial charge in [-0.2, -0.15) is 0 Å². The standard InChI is InChI=1S/C15H15ClN2O3S/c1-22(20,21)12-5-2-10(3-6-12)9-18-14-7-4-11(16)8-13(14)15(17)19/h2-8,18H,9H2,1H3,(H2,17,19). The number of amides is 1. The highest BCUT2D eigenvalue weighted by Gasteiger charge is 2.09. The Labute approximate surface area is 134 Å². The molecule has 0 fully saturated rings. The van der Waals surface area contributed by atoms with Gasteiger partial charge in [0, 0.05) is 23.5 Å². The van der Waals surface area contributed by atoms with E-state index in [9.17, 15) is 13.2 Å². The lowest BCUT2D eigenvalue weighted by Crippen LogP contribution is -2.14. The number of sulfone groups is 1. The van der Waals surface area contributed by atoms with Crippen LogP contribution in [0.3, 0.4) is 0 Å². The first-order chi connectivity index (χ1) is 10.3. The number of carbonyl (C=O) groups is 1. The molecule has 0 unspecified atom stereocenters. The first-order valence-electron chi connectivity index (χ1n) is 6.39. The maximum atomic E-state index is 11.4. The van der Waals surface area contributed by atoms with E-state index >= 15 is 0 Å². The number of primary amides is 1. The average molecular weight is 339 g/mol. The number of carbonyl (C=O) groups excluding carboxylic acids is 1. The van der Waals surface area contributed by atoms with E-state index in [0.29, 0.717) is 22.8 Å². The summed E-state index contributed by atoms with van der Waals surface area (Å²) < 4.78 is 22.8. The third-order valence-corrected chi connectivity index (χ3v) is 4.45. The van der Waals surface area contributed by atoms with Crippen molar-refractivity contribution in [1.29, 1.82) is 0 Å². The molecule has 7 heteroatoms. The topological polar surface area (TPSA) is 89.3 Å². The number of anilines is 1. The third-order valence-electron chi connectivity index (χ3n) is 3.08. The minimum atomic E-state index is -3.21. The zero-order valence-corrected chi connectivity index (χ0v) is 13.4. The third kappa shape index (κ3) is 3.99. The minimum Gasteiger partial charge on any atom is -0.380 e. The molecule has 0 spiro atoms. The van der Waals surface area contributed by atoms with Gasteiger partial charge in [-0.05, 0) is 35.9 Å². The lowest BCUT2D eigenvalue weighted by atomic mass is 10.1. The average Bonchev–Trinajstić information content (AvgIpc) is 2.45. The van der Waals surface area contributed by atoms with Crippen molar-refractivity contribution in [2.45, 2.75) is 11.4 Å². The molecule has 0 aliphatic carbocycles. The summed E-state index contributed by atoms with van der Waals surface area (Å²) in [6.45, 7) is 0.423. The Hall–Kier alpha value is -2.05. The van der Waals surface area contributed by atoms with E-state index in [1.807, 2.05) is 0 Å². The number of hydrogen-bond acceptors (Lipinski definition) is 4. The highest BCUT2D eigenvalue weighted by molar-refractivity contribution is 7.90. The summed E-state index contributed by atoms with van der Waals surface area (Å²) in [5.74, 6) is -0.572. The van der Waals surface area contributed by atoms with Crippen LogP contribution in [0.25, 0.3) is 0 Å². The van der Waals surface area contributed by atoms with Crippen molar-refractivity contribution in [3.63, 3.8) is 0 Å². The molecule has 2 aromatic rings. The van der Waals surface area contributed by atoms with Crippen LogP contribution in [-0.4, -0.2) is 20.6 Å². The molecule has 5 nitrogen and oxygen atoms in total. The number of hydrogen-bond donors (Lipinski definition) is 2. The van der Waals surface area contributed by atoms with Crippen LogP contribution in [0.15, 0.2) is 47.4 Å². The monoisotopic (exact) mass is 338 g/mol. The van der Waals surface area contributed by atoms with Crippen LogP contribution in [0, 0.1) is 0 Å². The largest absolute Gasteiger partial charge is 0.380 e. The predicted octanol–water partition coefficient (Wildman–Crippen LogP) is 2.45. The van der Waals surface area contributed by atoms with Crippen molar-refractivity contribution in [2.75, 3.05) is 11.6 Å². The lowest BCUT2D eigenvalue weighted by Gasteiger charge is -2.11. The molecule has 116 valence electrons. The van der Waals surface area contributed by atoms with E-state index in [-0.39, 0.29) is 4.90 Å². The number of nitrogens with two attached hydrogens (primary N) is 1. The molecule has 0 heterocycles. The Balaban J connectivity index is 2.15. The van der Waals surface area contributed by atoms with E-state index in [1.165, 1.54) is 6.07 Å². The van der Waals surface area contributed by atoms with Gasteiger partial charge >= 0.3 is 0 Å². The van der Waals surface area contributed by atoms with Gasteiger partial charge in [-0.25, -0.2) is 8.42 Å². The molecule has 0 saturated carbocycles. The second-order valence-electron chi connectivity index (χ2n) is 4.82. The van der Waals surface area contributed by atoms with Gasteiger partial charge in [0.05, 0.1) is 10.5 Å². The van der Waals surface area contributed by atoms with Crippen LogP contribution < -0.4 is 11.1 Å². The second kappa shape index (κ2) is 6.37. The summed E-state index contributed by atoms with van der Waals surface area (Å²) in [5.41, 5.74) is 7.07. The Morgan fingerprint density at radius 2 is 1.82 bits per heavy atom. The minimum absolute atomic E-state index is 0.264. The summed E-state index contributed by atoms with van der Waals surface area (Å²) in [7, 11) is -3.21. The fraction of sp³-hybridized carbons (Fsp3) is 0.133. The molecule has 0 aromatic heterocycles. The quantitative estimate of drug-likeness (QED) is 0.876. The van der Waals surface area contributed by atoms with Gasteiger partial charge in [-0.15, -0.1) is 0 Å². The van der Waals surface area contributed by atoms with Crippen LogP contribution in [0.2, 0.25) is 5.02 Å². The van der Waals surface area contributed by atoms with Crippen molar-refractivity contribution in [3.05, 3.63) is 58.6 Å². The maximum Gasteiger partial charge on any atom is 0.250 e. The van der Waals surface area contributed by atoms with Crippen molar-refractivity contribution in [2.24, 2.45) is 5.73 Å². The first kappa shape index (κ1) is 16.3. The Morgan fingerprint density at radius 1 is 1.18 bits per heavy atom. The summed E-state index contributed by atoms with van der Waals surface area (Å²) >= 11 is 5.85. The zero-order valence-electron chi connectivity index (χ0n) is 11.8. The van der Waals surface area contributed by atoms with Crippen LogP contribution in [0.4, 0.5) is 5.69 Å². The van der Waals surface area contributed by atoms with E-state index in [4.69, 9.17) is 17.3 Å². The Kier molecular flexibility index (Phi) is 4.73. The summed E-state index contributed by atoms with van der Waals surface area (Å²) in [6.07, 6.45) is 1.16. The van der Waals surface area contributed by atoms with Crippen LogP contribution in [0.5, 0.6) is 0 Å². The number of rotatable bonds is 5. The fourth-order valence-electron chi connectivity index (χ4n) is 1.93. The Bertz CT molecular complexity index is 802. The zero-order chi connectivity index (χ0) is 16.3. The van der Waals surface area contributed by atoms with Gasteiger partial charge in [-0.3, -0.25) is 4.79 Å². The lowest BCUT2D eigenvalue weighted by molar-refractivity contribution is 0.100. The summed E-state index contributed by atoms with van der Waals surface area (Å²) in [5, 5.41) is 3.52. The molecule has 0 aliphatic heterocycles. The summed E-state index contributed by atoms with van der Waals surface area (Å²) in [4.78, 5) is 11.7. The highest BCUT2D eigenvalue weighted by atomic mass is 35.5. The number of halogens is 1. The fourth-order valence-corrected chi connectivity index (χ4v) is 2.73. The number of benzene rings is 2. The summed E-state index contributed by atoms with van der Waals surface area (Å²) in [6, 6.07) is 11.3. The highest BCUT2D eigenvalue weighted by Crippen LogP contribution is 2.21. The van der Waals surface area contributed by atoms with Gasteiger partial charge < -0.3 is 11.1 Å². The molecule has 0 bridgehead atoms.